The summed E-state index contributed by atoms with van der Waals surface area (Å²) in [5, 5.41) is 3.09. The van der Waals surface area contributed by atoms with Gasteiger partial charge in [0.25, 0.3) is 0 Å². The van der Waals surface area contributed by atoms with E-state index in [9.17, 15) is 4.39 Å². The third-order valence-electron chi connectivity index (χ3n) is 2.42. The second kappa shape index (κ2) is 4.90. The first-order valence-electron chi connectivity index (χ1n) is 5.23. The molecule has 3 nitrogen and oxygen atoms in total. The fourth-order valence-electron chi connectivity index (χ4n) is 1.58. The van der Waals surface area contributed by atoms with Crippen molar-refractivity contribution in [2.75, 3.05) is 13.6 Å². The van der Waals surface area contributed by atoms with E-state index >= 15 is 0 Å². The van der Waals surface area contributed by atoms with Gasteiger partial charge in [-0.2, -0.15) is 0 Å². The van der Waals surface area contributed by atoms with Crippen molar-refractivity contribution in [3.63, 3.8) is 0 Å². The van der Waals surface area contributed by atoms with Crippen LogP contribution < -0.4 is 5.32 Å². The minimum absolute atomic E-state index is 0.225. The average molecular weight is 219 g/mol. The summed E-state index contributed by atoms with van der Waals surface area (Å²) in [6.45, 7) is 1.73. The first-order valence-corrected chi connectivity index (χ1v) is 5.23. The van der Waals surface area contributed by atoms with E-state index in [4.69, 9.17) is 0 Å². The quantitative estimate of drug-likeness (QED) is 0.851. The molecule has 2 rings (SSSR count). The number of hydrogen-bond donors (Lipinski definition) is 1. The fourth-order valence-corrected chi connectivity index (χ4v) is 1.58. The van der Waals surface area contributed by atoms with Gasteiger partial charge in [0.15, 0.2) is 0 Å². The maximum Gasteiger partial charge on any atom is 0.139 e. The summed E-state index contributed by atoms with van der Waals surface area (Å²) in [4.78, 5) is 4.28. The zero-order chi connectivity index (χ0) is 11.4. The summed E-state index contributed by atoms with van der Waals surface area (Å²) >= 11 is 0. The van der Waals surface area contributed by atoms with Crippen LogP contribution in [-0.2, 0) is 6.54 Å². The van der Waals surface area contributed by atoms with E-state index in [1.54, 1.807) is 18.3 Å². The molecule has 0 saturated carbocycles. The number of likely N-dealkylation sites (N-methyl/N-ethyl adjacent to an activating group) is 1. The number of rotatable bonds is 4. The van der Waals surface area contributed by atoms with E-state index in [-0.39, 0.29) is 5.82 Å². The van der Waals surface area contributed by atoms with Gasteiger partial charge in [0.05, 0.1) is 0 Å². The molecule has 1 N–H and O–H groups in total. The summed E-state index contributed by atoms with van der Waals surface area (Å²) in [6, 6.07) is 6.39. The monoisotopic (exact) mass is 219 g/mol. The molecule has 1 aromatic carbocycles. The summed E-state index contributed by atoms with van der Waals surface area (Å²) in [5.74, 6) is 0.646. The van der Waals surface area contributed by atoms with E-state index in [1.165, 1.54) is 12.1 Å². The molecule has 2 aromatic rings. The Hall–Kier alpha value is -1.68. The molecule has 0 saturated heterocycles. The molecule has 4 heteroatoms. The summed E-state index contributed by atoms with van der Waals surface area (Å²) in [7, 11) is 1.91. The number of hydrogen-bond acceptors (Lipinski definition) is 2. The van der Waals surface area contributed by atoms with Gasteiger partial charge in [-0.3, -0.25) is 0 Å². The van der Waals surface area contributed by atoms with Crippen molar-refractivity contribution in [2.24, 2.45) is 0 Å². The number of benzene rings is 1. The van der Waals surface area contributed by atoms with Crippen LogP contribution in [0.2, 0.25) is 0 Å². The van der Waals surface area contributed by atoms with E-state index in [2.05, 4.69) is 10.3 Å². The molecule has 16 heavy (non-hydrogen) atoms. The van der Waals surface area contributed by atoms with Gasteiger partial charge in [-0.1, -0.05) is 0 Å². The molecule has 0 atom stereocenters. The highest BCUT2D eigenvalue weighted by Crippen LogP contribution is 2.17. The third kappa shape index (κ3) is 2.28. The zero-order valence-corrected chi connectivity index (χ0v) is 9.15. The van der Waals surface area contributed by atoms with Crippen LogP contribution in [0.1, 0.15) is 0 Å². The van der Waals surface area contributed by atoms with E-state index in [0.717, 1.165) is 24.5 Å². The van der Waals surface area contributed by atoms with Crippen molar-refractivity contribution in [3.05, 3.63) is 42.5 Å². The van der Waals surface area contributed by atoms with Gasteiger partial charge in [0, 0.05) is 31.0 Å². The number of aromatic nitrogens is 2. The van der Waals surface area contributed by atoms with Crippen molar-refractivity contribution in [1.82, 2.24) is 14.9 Å². The molecule has 0 radical (unpaired) electrons. The number of nitrogens with zero attached hydrogens (tertiary/aromatic N) is 2. The van der Waals surface area contributed by atoms with Gasteiger partial charge in [-0.15, -0.1) is 0 Å². The molecule has 0 fully saturated rings. The molecule has 1 heterocycles. The first kappa shape index (κ1) is 10.8. The van der Waals surface area contributed by atoms with Gasteiger partial charge >= 0.3 is 0 Å². The lowest BCUT2D eigenvalue weighted by atomic mass is 10.2. The summed E-state index contributed by atoms with van der Waals surface area (Å²) in [5.41, 5.74) is 0.933. The standard InChI is InChI=1S/C12H14FN3/c1-14-6-8-16-9-7-15-12(16)10-2-4-11(13)5-3-10/h2-5,7,9,14H,6,8H2,1H3. The Morgan fingerprint density at radius 2 is 2.06 bits per heavy atom. The van der Waals surface area contributed by atoms with Crippen LogP contribution in [0.5, 0.6) is 0 Å². The zero-order valence-electron chi connectivity index (χ0n) is 9.15. The Kier molecular flexibility index (Phi) is 3.31. The Labute approximate surface area is 93.9 Å². The molecule has 0 aliphatic carbocycles. The maximum absolute atomic E-state index is 12.8. The van der Waals surface area contributed by atoms with Crippen LogP contribution in [-0.4, -0.2) is 23.1 Å². The highest BCUT2D eigenvalue weighted by molar-refractivity contribution is 5.55. The van der Waals surface area contributed by atoms with Gasteiger partial charge < -0.3 is 9.88 Å². The fraction of sp³-hybridized carbons (Fsp3) is 0.250. The minimum atomic E-state index is -0.225. The highest BCUT2D eigenvalue weighted by atomic mass is 19.1. The number of halogens is 1. The van der Waals surface area contributed by atoms with Crippen molar-refractivity contribution in [3.8, 4) is 11.4 Å². The lowest BCUT2D eigenvalue weighted by Gasteiger charge is -2.07. The Morgan fingerprint density at radius 1 is 1.31 bits per heavy atom. The van der Waals surface area contributed by atoms with E-state index in [0.29, 0.717) is 0 Å². The van der Waals surface area contributed by atoms with Gasteiger partial charge in [0.1, 0.15) is 11.6 Å². The Balaban J connectivity index is 2.26. The topological polar surface area (TPSA) is 29.9 Å². The lowest BCUT2D eigenvalue weighted by Crippen LogP contribution is -2.15. The Morgan fingerprint density at radius 3 is 2.75 bits per heavy atom. The summed E-state index contributed by atoms with van der Waals surface area (Å²) in [6.07, 6.45) is 3.68. The normalized spacial score (nSPS) is 10.6. The summed E-state index contributed by atoms with van der Waals surface area (Å²) < 4.78 is 14.8. The molecule has 1 aromatic heterocycles. The van der Waals surface area contributed by atoms with Crippen molar-refractivity contribution in [1.29, 1.82) is 0 Å². The smallest absolute Gasteiger partial charge is 0.139 e. The van der Waals surface area contributed by atoms with Gasteiger partial charge in [-0.25, -0.2) is 9.37 Å². The molecule has 0 unspecified atom stereocenters. The SMILES string of the molecule is CNCCn1ccnc1-c1ccc(F)cc1. The van der Waals surface area contributed by atoms with Crippen molar-refractivity contribution < 1.29 is 4.39 Å². The second-order valence-corrected chi connectivity index (χ2v) is 3.55. The number of imidazole rings is 1. The Bertz CT molecular complexity index is 448. The molecular formula is C12H14FN3. The van der Waals surface area contributed by atoms with E-state index < -0.39 is 0 Å². The van der Waals surface area contributed by atoms with Gasteiger partial charge in [-0.05, 0) is 31.3 Å². The molecule has 0 aliphatic rings. The van der Waals surface area contributed by atoms with Crippen molar-refractivity contribution >= 4 is 0 Å². The van der Waals surface area contributed by atoms with Crippen LogP contribution in [0.15, 0.2) is 36.7 Å². The highest BCUT2D eigenvalue weighted by Gasteiger charge is 2.05. The average Bonchev–Trinajstić information content (AvgIpc) is 2.75. The second-order valence-electron chi connectivity index (χ2n) is 3.55. The molecular weight excluding hydrogens is 205 g/mol. The lowest BCUT2D eigenvalue weighted by molar-refractivity contribution is 0.627. The van der Waals surface area contributed by atoms with Crippen LogP contribution in [0.4, 0.5) is 4.39 Å². The molecule has 0 spiro atoms. The minimum Gasteiger partial charge on any atom is -0.330 e. The van der Waals surface area contributed by atoms with Crippen LogP contribution in [0.3, 0.4) is 0 Å². The first-order chi connectivity index (χ1) is 7.81. The molecule has 0 bridgehead atoms. The van der Waals surface area contributed by atoms with Crippen LogP contribution in [0.25, 0.3) is 11.4 Å². The van der Waals surface area contributed by atoms with E-state index in [1.807, 2.05) is 17.8 Å². The molecule has 0 aliphatic heterocycles. The predicted octanol–water partition coefficient (Wildman–Crippen LogP) is 1.91. The maximum atomic E-state index is 12.8. The largest absolute Gasteiger partial charge is 0.330 e. The van der Waals surface area contributed by atoms with Crippen LogP contribution in [0, 0.1) is 5.82 Å². The van der Waals surface area contributed by atoms with Crippen molar-refractivity contribution in [2.45, 2.75) is 6.54 Å². The molecule has 0 amide bonds. The predicted molar refractivity (Wildman–Crippen MR) is 61.5 cm³/mol. The third-order valence-corrected chi connectivity index (χ3v) is 2.42. The number of nitrogens with one attached hydrogen (secondary N) is 1. The van der Waals surface area contributed by atoms with Gasteiger partial charge in [0.2, 0.25) is 0 Å². The molecule has 84 valence electrons. The van der Waals surface area contributed by atoms with Crippen LogP contribution >= 0.6 is 0 Å².